The lowest BCUT2D eigenvalue weighted by atomic mass is 10.0. The van der Waals surface area contributed by atoms with Crippen molar-refractivity contribution in [3.05, 3.63) is 59.4 Å². The third-order valence-corrected chi connectivity index (χ3v) is 4.31. The maximum Gasteiger partial charge on any atom is 0.254 e. The summed E-state index contributed by atoms with van der Waals surface area (Å²) < 4.78 is 5.21. The van der Waals surface area contributed by atoms with Gasteiger partial charge in [0, 0.05) is 31.6 Å². The van der Waals surface area contributed by atoms with Crippen LogP contribution in [0, 0.1) is 0 Å². The summed E-state index contributed by atoms with van der Waals surface area (Å²) in [7, 11) is 3.35. The van der Waals surface area contributed by atoms with Crippen molar-refractivity contribution in [2.24, 2.45) is 0 Å². The normalized spacial score (nSPS) is 10.7. The van der Waals surface area contributed by atoms with Crippen molar-refractivity contribution in [1.82, 2.24) is 14.9 Å². The van der Waals surface area contributed by atoms with Crippen molar-refractivity contribution in [3.8, 4) is 5.75 Å². The molecule has 0 radical (unpaired) electrons. The number of ketones is 1. The maximum atomic E-state index is 12.7. The van der Waals surface area contributed by atoms with Crippen molar-refractivity contribution in [2.75, 3.05) is 20.7 Å². The van der Waals surface area contributed by atoms with E-state index >= 15 is 0 Å². The summed E-state index contributed by atoms with van der Waals surface area (Å²) in [4.78, 5) is 33.8. The van der Waals surface area contributed by atoms with E-state index in [4.69, 9.17) is 4.74 Å². The molecule has 0 aliphatic carbocycles. The second-order valence-electron chi connectivity index (χ2n) is 6.15. The van der Waals surface area contributed by atoms with Gasteiger partial charge in [0.05, 0.1) is 23.7 Å². The Kier molecular flexibility index (Phi) is 5.02. The number of nitrogens with one attached hydrogen (secondary N) is 1. The molecule has 0 spiro atoms. The Morgan fingerprint density at radius 1 is 1.15 bits per heavy atom. The van der Waals surface area contributed by atoms with Gasteiger partial charge in [-0.15, -0.1) is 0 Å². The standard InChI is InChI=1S/C20H21N3O3/c1-13(24)15-6-4-5-7-16(15)20(25)23(2)11-10-19-21-17-9-8-14(26-3)12-18(17)22-19/h4-9,12H,10-11H2,1-3H3,(H,21,22). The summed E-state index contributed by atoms with van der Waals surface area (Å²) in [5, 5.41) is 0. The lowest BCUT2D eigenvalue weighted by Gasteiger charge is -2.18. The molecule has 0 unspecified atom stereocenters. The van der Waals surface area contributed by atoms with Gasteiger partial charge in [-0.05, 0) is 25.1 Å². The zero-order chi connectivity index (χ0) is 18.7. The van der Waals surface area contributed by atoms with Gasteiger partial charge in [0.1, 0.15) is 11.6 Å². The summed E-state index contributed by atoms with van der Waals surface area (Å²) >= 11 is 0. The van der Waals surface area contributed by atoms with Gasteiger partial charge in [-0.25, -0.2) is 4.98 Å². The van der Waals surface area contributed by atoms with Crippen LogP contribution < -0.4 is 4.74 Å². The molecule has 1 aromatic heterocycles. The topological polar surface area (TPSA) is 75.3 Å². The molecule has 6 heteroatoms. The molecular weight excluding hydrogens is 330 g/mol. The average Bonchev–Trinajstić information content (AvgIpc) is 3.07. The number of rotatable bonds is 6. The van der Waals surface area contributed by atoms with Crippen LogP contribution in [-0.4, -0.2) is 47.3 Å². The fourth-order valence-corrected chi connectivity index (χ4v) is 2.84. The van der Waals surface area contributed by atoms with Crippen molar-refractivity contribution < 1.29 is 14.3 Å². The van der Waals surface area contributed by atoms with Crippen molar-refractivity contribution in [1.29, 1.82) is 0 Å². The number of aromatic nitrogens is 2. The van der Waals surface area contributed by atoms with Crippen LogP contribution in [0.25, 0.3) is 11.0 Å². The van der Waals surface area contributed by atoms with Gasteiger partial charge < -0.3 is 14.6 Å². The van der Waals surface area contributed by atoms with Gasteiger partial charge in [-0.3, -0.25) is 9.59 Å². The Bertz CT molecular complexity index is 962. The minimum absolute atomic E-state index is 0.117. The monoisotopic (exact) mass is 351 g/mol. The largest absolute Gasteiger partial charge is 0.497 e. The van der Waals surface area contributed by atoms with Crippen LogP contribution in [0.4, 0.5) is 0 Å². The third-order valence-electron chi connectivity index (χ3n) is 4.31. The molecule has 3 aromatic rings. The number of Topliss-reactive ketones (excluding diaryl/α,β-unsaturated/α-hetero) is 1. The number of carbonyl (C=O) groups is 2. The third kappa shape index (κ3) is 3.59. The molecule has 1 N–H and O–H groups in total. The van der Waals surface area contributed by atoms with Gasteiger partial charge in [-0.2, -0.15) is 0 Å². The van der Waals surface area contributed by atoms with E-state index in [0.29, 0.717) is 24.1 Å². The second-order valence-corrected chi connectivity index (χ2v) is 6.15. The van der Waals surface area contributed by atoms with Crippen LogP contribution in [0.15, 0.2) is 42.5 Å². The summed E-state index contributed by atoms with van der Waals surface area (Å²) in [6, 6.07) is 12.5. The first-order valence-electron chi connectivity index (χ1n) is 8.37. The van der Waals surface area contributed by atoms with Crippen LogP contribution >= 0.6 is 0 Å². The molecule has 6 nitrogen and oxygen atoms in total. The highest BCUT2D eigenvalue weighted by molar-refractivity contribution is 6.07. The quantitative estimate of drug-likeness (QED) is 0.693. The second kappa shape index (κ2) is 7.39. The predicted octanol–water partition coefficient (Wildman–Crippen LogP) is 3.09. The van der Waals surface area contributed by atoms with Crippen LogP contribution in [0.1, 0.15) is 33.5 Å². The lowest BCUT2D eigenvalue weighted by molar-refractivity contribution is 0.0790. The van der Waals surface area contributed by atoms with Crippen LogP contribution in [-0.2, 0) is 6.42 Å². The van der Waals surface area contributed by atoms with Crippen molar-refractivity contribution in [2.45, 2.75) is 13.3 Å². The van der Waals surface area contributed by atoms with E-state index in [1.807, 2.05) is 18.2 Å². The highest BCUT2D eigenvalue weighted by Gasteiger charge is 2.17. The molecule has 0 aliphatic rings. The maximum absolute atomic E-state index is 12.7. The molecule has 134 valence electrons. The first-order chi connectivity index (χ1) is 12.5. The molecule has 0 saturated carbocycles. The molecule has 3 rings (SSSR count). The number of hydrogen-bond donors (Lipinski definition) is 1. The fraction of sp³-hybridized carbons (Fsp3) is 0.250. The predicted molar refractivity (Wildman–Crippen MR) is 99.8 cm³/mol. The van der Waals surface area contributed by atoms with Crippen molar-refractivity contribution in [3.63, 3.8) is 0 Å². The molecule has 1 amide bonds. The van der Waals surface area contributed by atoms with Gasteiger partial charge in [-0.1, -0.05) is 18.2 Å². The van der Waals surface area contributed by atoms with E-state index < -0.39 is 0 Å². The van der Waals surface area contributed by atoms with E-state index in [1.165, 1.54) is 6.92 Å². The Balaban J connectivity index is 1.71. The van der Waals surface area contributed by atoms with Crippen LogP contribution in [0.3, 0.4) is 0 Å². The number of H-pyrrole nitrogens is 1. The highest BCUT2D eigenvalue weighted by atomic mass is 16.5. The van der Waals surface area contributed by atoms with Crippen LogP contribution in [0.2, 0.25) is 0 Å². The lowest BCUT2D eigenvalue weighted by Crippen LogP contribution is -2.30. The Labute approximate surface area is 151 Å². The Morgan fingerprint density at radius 3 is 2.58 bits per heavy atom. The first kappa shape index (κ1) is 17.7. The van der Waals surface area contributed by atoms with Gasteiger partial charge >= 0.3 is 0 Å². The number of hydrogen-bond acceptors (Lipinski definition) is 4. The van der Waals surface area contributed by atoms with E-state index in [1.54, 1.807) is 43.3 Å². The Hall–Kier alpha value is -3.15. The molecule has 0 bridgehead atoms. The molecule has 0 fully saturated rings. The van der Waals surface area contributed by atoms with E-state index in [2.05, 4.69) is 9.97 Å². The number of imidazole rings is 1. The number of fused-ring (bicyclic) bond motifs is 1. The molecule has 2 aromatic carbocycles. The number of aromatic amines is 1. The molecular formula is C20H21N3O3. The average molecular weight is 351 g/mol. The summed E-state index contributed by atoms with van der Waals surface area (Å²) in [5.41, 5.74) is 2.63. The number of amides is 1. The van der Waals surface area contributed by atoms with E-state index in [9.17, 15) is 9.59 Å². The number of benzene rings is 2. The van der Waals surface area contributed by atoms with Crippen LogP contribution in [0.5, 0.6) is 5.75 Å². The summed E-state index contributed by atoms with van der Waals surface area (Å²) in [6.07, 6.45) is 0.585. The zero-order valence-electron chi connectivity index (χ0n) is 15.1. The smallest absolute Gasteiger partial charge is 0.254 e. The molecule has 26 heavy (non-hydrogen) atoms. The summed E-state index contributed by atoms with van der Waals surface area (Å²) in [5.74, 6) is 1.27. The number of carbonyl (C=O) groups excluding carboxylic acids is 2. The van der Waals surface area contributed by atoms with E-state index in [-0.39, 0.29) is 11.7 Å². The minimum atomic E-state index is -0.173. The first-order valence-corrected chi connectivity index (χ1v) is 8.37. The molecule has 0 saturated heterocycles. The minimum Gasteiger partial charge on any atom is -0.497 e. The molecule has 1 heterocycles. The number of nitrogens with zero attached hydrogens (tertiary/aromatic N) is 2. The van der Waals surface area contributed by atoms with Crippen molar-refractivity contribution >= 4 is 22.7 Å². The van der Waals surface area contributed by atoms with Gasteiger partial charge in [0.2, 0.25) is 0 Å². The number of likely N-dealkylation sites (N-methyl/N-ethyl adjacent to an activating group) is 1. The molecule has 0 aliphatic heterocycles. The fourth-order valence-electron chi connectivity index (χ4n) is 2.84. The SMILES string of the molecule is COc1ccc2nc(CCN(C)C(=O)c3ccccc3C(C)=O)[nH]c2c1. The van der Waals surface area contributed by atoms with E-state index in [0.717, 1.165) is 22.6 Å². The number of ether oxygens (including phenoxy) is 1. The van der Waals surface area contributed by atoms with Gasteiger partial charge in [0.15, 0.2) is 5.78 Å². The summed E-state index contributed by atoms with van der Waals surface area (Å²) in [6.45, 7) is 1.96. The molecule has 0 atom stereocenters. The van der Waals surface area contributed by atoms with Gasteiger partial charge in [0.25, 0.3) is 5.91 Å². The Morgan fingerprint density at radius 2 is 1.88 bits per heavy atom. The highest BCUT2D eigenvalue weighted by Crippen LogP contribution is 2.19. The number of methoxy groups -OCH3 is 1. The zero-order valence-corrected chi connectivity index (χ0v) is 15.1.